The van der Waals surface area contributed by atoms with Crippen LogP contribution in [0.15, 0.2) is 18.2 Å². The first-order valence-electron chi connectivity index (χ1n) is 6.15. The van der Waals surface area contributed by atoms with Crippen molar-refractivity contribution < 1.29 is 4.79 Å². The summed E-state index contributed by atoms with van der Waals surface area (Å²) in [6.07, 6.45) is 4.29. The molecule has 2 rings (SSSR count). The van der Waals surface area contributed by atoms with E-state index in [1.807, 2.05) is 12.1 Å². The monoisotopic (exact) mass is 233 g/mol. The standard InChI is InChI=1S/C13H19N3O/c1-2-9-6-7-11(8-12(9)14)16-13(17)15-10-4-3-5-10/h6-8,10H,2-5,14H2,1H3,(H2,15,16,17). The molecule has 1 aromatic carbocycles. The van der Waals surface area contributed by atoms with E-state index in [4.69, 9.17) is 5.73 Å². The van der Waals surface area contributed by atoms with Crippen LogP contribution in [0.4, 0.5) is 16.2 Å². The Balaban J connectivity index is 1.93. The summed E-state index contributed by atoms with van der Waals surface area (Å²) in [7, 11) is 0. The van der Waals surface area contributed by atoms with Crippen molar-refractivity contribution in [1.82, 2.24) is 5.32 Å². The van der Waals surface area contributed by atoms with Crippen molar-refractivity contribution in [2.75, 3.05) is 11.1 Å². The van der Waals surface area contributed by atoms with E-state index in [2.05, 4.69) is 17.6 Å². The van der Waals surface area contributed by atoms with Crippen LogP contribution in [0.3, 0.4) is 0 Å². The van der Waals surface area contributed by atoms with Crippen molar-refractivity contribution in [3.8, 4) is 0 Å². The average molecular weight is 233 g/mol. The second-order valence-electron chi connectivity index (χ2n) is 4.49. The van der Waals surface area contributed by atoms with Crippen LogP contribution < -0.4 is 16.4 Å². The Morgan fingerprint density at radius 3 is 2.76 bits per heavy atom. The van der Waals surface area contributed by atoms with E-state index in [1.165, 1.54) is 6.42 Å². The van der Waals surface area contributed by atoms with Gasteiger partial charge in [-0.2, -0.15) is 0 Å². The van der Waals surface area contributed by atoms with Crippen molar-refractivity contribution in [1.29, 1.82) is 0 Å². The van der Waals surface area contributed by atoms with Crippen LogP contribution >= 0.6 is 0 Å². The third kappa shape index (κ3) is 2.90. The van der Waals surface area contributed by atoms with Gasteiger partial charge in [0.05, 0.1) is 0 Å². The second kappa shape index (κ2) is 5.08. The van der Waals surface area contributed by atoms with E-state index in [0.717, 1.165) is 36.2 Å². The third-order valence-corrected chi connectivity index (χ3v) is 3.23. The van der Waals surface area contributed by atoms with Gasteiger partial charge in [-0.25, -0.2) is 4.79 Å². The lowest BCUT2D eigenvalue weighted by molar-refractivity contribution is 0.240. The number of carbonyl (C=O) groups is 1. The van der Waals surface area contributed by atoms with Crippen LogP contribution in [-0.4, -0.2) is 12.1 Å². The Kier molecular flexibility index (Phi) is 3.52. The van der Waals surface area contributed by atoms with Gasteiger partial charge in [-0.05, 0) is 43.4 Å². The molecule has 4 N–H and O–H groups in total. The van der Waals surface area contributed by atoms with Crippen LogP contribution in [0.5, 0.6) is 0 Å². The van der Waals surface area contributed by atoms with Gasteiger partial charge in [-0.1, -0.05) is 13.0 Å². The van der Waals surface area contributed by atoms with Gasteiger partial charge >= 0.3 is 6.03 Å². The maximum Gasteiger partial charge on any atom is 0.319 e. The maximum atomic E-state index is 11.6. The van der Waals surface area contributed by atoms with Crippen LogP contribution in [0, 0.1) is 0 Å². The number of amides is 2. The molecule has 0 heterocycles. The molecule has 92 valence electrons. The molecule has 0 bridgehead atoms. The fourth-order valence-electron chi connectivity index (χ4n) is 1.90. The first-order valence-corrected chi connectivity index (χ1v) is 6.15. The molecular formula is C13H19N3O. The lowest BCUT2D eigenvalue weighted by atomic mass is 9.93. The molecule has 4 nitrogen and oxygen atoms in total. The van der Waals surface area contributed by atoms with Crippen LogP contribution in [0.1, 0.15) is 31.7 Å². The number of aryl methyl sites for hydroxylation is 1. The molecule has 1 fully saturated rings. The molecule has 1 saturated carbocycles. The zero-order chi connectivity index (χ0) is 12.3. The van der Waals surface area contributed by atoms with Crippen molar-refractivity contribution in [3.05, 3.63) is 23.8 Å². The molecule has 0 atom stereocenters. The van der Waals surface area contributed by atoms with E-state index < -0.39 is 0 Å². The fraction of sp³-hybridized carbons (Fsp3) is 0.462. The predicted molar refractivity (Wildman–Crippen MR) is 70.0 cm³/mol. The number of anilines is 2. The summed E-state index contributed by atoms with van der Waals surface area (Å²) < 4.78 is 0. The average Bonchev–Trinajstić information content (AvgIpc) is 2.24. The highest BCUT2D eigenvalue weighted by Gasteiger charge is 2.19. The highest BCUT2D eigenvalue weighted by Crippen LogP contribution is 2.20. The van der Waals surface area contributed by atoms with E-state index in [1.54, 1.807) is 6.07 Å². The number of carbonyl (C=O) groups excluding carboxylic acids is 1. The normalized spacial score (nSPS) is 15.1. The Labute approximate surface area is 102 Å². The van der Waals surface area contributed by atoms with Crippen molar-refractivity contribution in [3.63, 3.8) is 0 Å². The summed E-state index contributed by atoms with van der Waals surface area (Å²) >= 11 is 0. The zero-order valence-corrected chi connectivity index (χ0v) is 10.1. The summed E-state index contributed by atoms with van der Waals surface area (Å²) in [4.78, 5) is 11.6. The molecule has 0 aliphatic heterocycles. The molecule has 0 spiro atoms. The van der Waals surface area contributed by atoms with E-state index in [-0.39, 0.29) is 6.03 Å². The summed E-state index contributed by atoms with van der Waals surface area (Å²) in [6, 6.07) is 5.85. The Hall–Kier alpha value is -1.71. The minimum atomic E-state index is -0.140. The minimum Gasteiger partial charge on any atom is -0.398 e. The number of hydrogen-bond donors (Lipinski definition) is 3. The van der Waals surface area contributed by atoms with Crippen LogP contribution in [0.25, 0.3) is 0 Å². The molecule has 0 saturated heterocycles. The molecule has 2 amide bonds. The number of rotatable bonds is 3. The van der Waals surface area contributed by atoms with Gasteiger partial charge < -0.3 is 16.4 Å². The Morgan fingerprint density at radius 1 is 1.47 bits per heavy atom. The number of nitrogen functional groups attached to an aromatic ring is 1. The molecule has 0 unspecified atom stereocenters. The first-order chi connectivity index (χ1) is 8.19. The molecule has 0 radical (unpaired) electrons. The molecule has 4 heteroatoms. The number of benzene rings is 1. The van der Waals surface area contributed by atoms with E-state index >= 15 is 0 Å². The molecule has 1 aliphatic carbocycles. The quantitative estimate of drug-likeness (QED) is 0.702. The summed E-state index contributed by atoms with van der Waals surface area (Å²) in [5.41, 5.74) is 8.46. The lowest BCUT2D eigenvalue weighted by Crippen LogP contribution is -2.41. The van der Waals surface area contributed by atoms with Crippen molar-refractivity contribution in [2.24, 2.45) is 0 Å². The summed E-state index contributed by atoms with van der Waals surface area (Å²) in [5, 5.41) is 5.73. The number of nitrogens with two attached hydrogens (primary N) is 1. The zero-order valence-electron chi connectivity index (χ0n) is 10.1. The SMILES string of the molecule is CCc1ccc(NC(=O)NC2CCC2)cc1N. The van der Waals surface area contributed by atoms with Crippen molar-refractivity contribution in [2.45, 2.75) is 38.6 Å². The molecule has 1 aliphatic rings. The molecule has 17 heavy (non-hydrogen) atoms. The maximum absolute atomic E-state index is 11.6. The number of nitrogens with one attached hydrogen (secondary N) is 2. The topological polar surface area (TPSA) is 67.2 Å². The first kappa shape index (κ1) is 11.8. The highest BCUT2D eigenvalue weighted by atomic mass is 16.2. The molecular weight excluding hydrogens is 214 g/mol. The van der Waals surface area contributed by atoms with Gasteiger partial charge in [0, 0.05) is 17.4 Å². The minimum absolute atomic E-state index is 0.140. The smallest absolute Gasteiger partial charge is 0.319 e. The van der Waals surface area contributed by atoms with Gasteiger partial charge in [0.25, 0.3) is 0 Å². The van der Waals surface area contributed by atoms with Gasteiger partial charge in [0.1, 0.15) is 0 Å². The van der Waals surface area contributed by atoms with Crippen molar-refractivity contribution >= 4 is 17.4 Å². The van der Waals surface area contributed by atoms with Gasteiger partial charge in [0.15, 0.2) is 0 Å². The van der Waals surface area contributed by atoms with E-state index in [0.29, 0.717) is 6.04 Å². The summed E-state index contributed by atoms with van der Waals surface area (Å²) in [6.45, 7) is 2.06. The highest BCUT2D eigenvalue weighted by molar-refractivity contribution is 5.90. The van der Waals surface area contributed by atoms with E-state index in [9.17, 15) is 4.79 Å². The van der Waals surface area contributed by atoms with Gasteiger partial charge in [-0.3, -0.25) is 0 Å². The fourth-order valence-corrected chi connectivity index (χ4v) is 1.90. The summed E-state index contributed by atoms with van der Waals surface area (Å²) in [5.74, 6) is 0. The van der Waals surface area contributed by atoms with Gasteiger partial charge in [-0.15, -0.1) is 0 Å². The largest absolute Gasteiger partial charge is 0.398 e. The van der Waals surface area contributed by atoms with Crippen LogP contribution in [0.2, 0.25) is 0 Å². The molecule has 1 aromatic rings. The Bertz CT molecular complexity index is 413. The number of urea groups is 1. The third-order valence-electron chi connectivity index (χ3n) is 3.23. The van der Waals surface area contributed by atoms with Gasteiger partial charge in [0.2, 0.25) is 0 Å². The number of hydrogen-bond acceptors (Lipinski definition) is 2. The Morgan fingerprint density at radius 2 is 2.24 bits per heavy atom. The van der Waals surface area contributed by atoms with Crippen LogP contribution in [-0.2, 0) is 6.42 Å². The lowest BCUT2D eigenvalue weighted by Gasteiger charge is -2.26. The predicted octanol–water partition coefficient (Wildman–Crippen LogP) is 2.51. The second-order valence-corrected chi connectivity index (χ2v) is 4.49. The molecule has 0 aromatic heterocycles.